The lowest BCUT2D eigenvalue weighted by Gasteiger charge is -2.24. The molecule has 96 valence electrons. The molecule has 0 radical (unpaired) electrons. The first-order valence-corrected chi connectivity index (χ1v) is 5.92. The molecule has 0 saturated carbocycles. The average molecular weight is 247 g/mol. The fraction of sp³-hybridized carbons (Fsp3) is 0.385. The Hall–Kier alpha value is -1.72. The van der Waals surface area contributed by atoms with Crippen molar-refractivity contribution < 1.29 is 9.63 Å². The maximum atomic E-state index is 10.3. The van der Waals surface area contributed by atoms with E-state index < -0.39 is 5.60 Å². The number of nitrogens with one attached hydrogen (secondary N) is 1. The lowest BCUT2D eigenvalue weighted by Crippen LogP contribution is -2.36. The van der Waals surface area contributed by atoms with E-state index in [1.165, 1.54) is 6.39 Å². The van der Waals surface area contributed by atoms with Crippen LogP contribution >= 0.6 is 0 Å². The van der Waals surface area contributed by atoms with Crippen LogP contribution in [-0.2, 0) is 12.0 Å². The molecule has 18 heavy (non-hydrogen) atoms. The zero-order valence-corrected chi connectivity index (χ0v) is 10.3. The number of benzene rings is 1. The normalized spacial score (nSPS) is 14.3. The number of nitrogens with zero attached hydrogens (tertiary/aromatic N) is 2. The summed E-state index contributed by atoms with van der Waals surface area (Å²) in [6.45, 7) is 2.97. The number of aliphatic hydroxyl groups is 1. The van der Waals surface area contributed by atoms with Gasteiger partial charge >= 0.3 is 0 Å². The average Bonchev–Trinajstić information content (AvgIpc) is 2.89. The van der Waals surface area contributed by atoms with Crippen LogP contribution in [0.4, 0.5) is 0 Å². The third-order valence-corrected chi connectivity index (χ3v) is 2.80. The first-order chi connectivity index (χ1) is 8.68. The van der Waals surface area contributed by atoms with Crippen molar-refractivity contribution in [2.24, 2.45) is 0 Å². The first kappa shape index (κ1) is 12.7. The SMILES string of the molecule is CC(O)(CNCCc1ncon1)c1ccccc1. The molecule has 5 heteroatoms. The molecule has 1 unspecified atom stereocenters. The molecule has 1 aromatic heterocycles. The summed E-state index contributed by atoms with van der Waals surface area (Å²) in [6.07, 6.45) is 2.00. The van der Waals surface area contributed by atoms with E-state index in [9.17, 15) is 5.11 Å². The Kier molecular flexibility index (Phi) is 4.07. The Bertz CT molecular complexity index is 454. The van der Waals surface area contributed by atoms with Crippen LogP contribution < -0.4 is 5.32 Å². The van der Waals surface area contributed by atoms with Crippen molar-refractivity contribution in [1.29, 1.82) is 0 Å². The van der Waals surface area contributed by atoms with Crippen molar-refractivity contribution in [3.05, 3.63) is 48.1 Å². The topological polar surface area (TPSA) is 71.2 Å². The predicted molar refractivity (Wildman–Crippen MR) is 66.9 cm³/mol. The van der Waals surface area contributed by atoms with Crippen molar-refractivity contribution in [1.82, 2.24) is 15.5 Å². The molecule has 0 aliphatic heterocycles. The highest BCUT2D eigenvalue weighted by Gasteiger charge is 2.21. The Morgan fingerprint density at radius 1 is 1.33 bits per heavy atom. The minimum Gasteiger partial charge on any atom is -0.384 e. The van der Waals surface area contributed by atoms with E-state index in [1.807, 2.05) is 30.3 Å². The molecule has 0 bridgehead atoms. The molecular formula is C13H17N3O2. The second-order valence-electron chi connectivity index (χ2n) is 4.41. The van der Waals surface area contributed by atoms with Gasteiger partial charge in [0.1, 0.15) is 0 Å². The number of aromatic nitrogens is 2. The Morgan fingerprint density at radius 2 is 2.11 bits per heavy atom. The number of hydrogen-bond acceptors (Lipinski definition) is 5. The largest absolute Gasteiger partial charge is 0.384 e. The van der Waals surface area contributed by atoms with E-state index in [1.54, 1.807) is 6.92 Å². The number of rotatable bonds is 6. The molecule has 0 fully saturated rings. The van der Waals surface area contributed by atoms with Gasteiger partial charge in [0, 0.05) is 19.5 Å². The standard InChI is InChI=1S/C13H17N3O2/c1-13(17,11-5-3-2-4-6-11)9-14-8-7-12-15-10-18-16-12/h2-6,10,14,17H,7-9H2,1H3. The van der Waals surface area contributed by atoms with Crippen molar-refractivity contribution >= 4 is 0 Å². The molecule has 1 heterocycles. The molecule has 0 aliphatic rings. The van der Waals surface area contributed by atoms with Crippen LogP contribution in [-0.4, -0.2) is 28.3 Å². The van der Waals surface area contributed by atoms with Crippen molar-refractivity contribution in [3.8, 4) is 0 Å². The molecule has 1 atom stereocenters. The van der Waals surface area contributed by atoms with E-state index >= 15 is 0 Å². The van der Waals surface area contributed by atoms with E-state index in [2.05, 4.69) is 20.0 Å². The summed E-state index contributed by atoms with van der Waals surface area (Å²) in [4.78, 5) is 3.93. The van der Waals surface area contributed by atoms with E-state index in [0.717, 1.165) is 5.56 Å². The van der Waals surface area contributed by atoms with Crippen LogP contribution in [0.3, 0.4) is 0 Å². The quantitative estimate of drug-likeness (QED) is 0.748. The van der Waals surface area contributed by atoms with E-state index in [4.69, 9.17) is 0 Å². The molecule has 2 aromatic rings. The Labute approximate surface area is 106 Å². The van der Waals surface area contributed by atoms with Crippen LogP contribution in [0.25, 0.3) is 0 Å². The Balaban J connectivity index is 1.79. The van der Waals surface area contributed by atoms with E-state index in [-0.39, 0.29) is 0 Å². The van der Waals surface area contributed by atoms with Crippen molar-refractivity contribution in [2.45, 2.75) is 18.9 Å². The molecule has 0 saturated heterocycles. The predicted octanol–water partition coefficient (Wildman–Crippen LogP) is 1.11. The third-order valence-electron chi connectivity index (χ3n) is 2.80. The van der Waals surface area contributed by atoms with Crippen LogP contribution in [0.15, 0.2) is 41.2 Å². The van der Waals surface area contributed by atoms with Gasteiger partial charge in [-0.1, -0.05) is 35.5 Å². The molecule has 0 amide bonds. The zero-order valence-electron chi connectivity index (χ0n) is 10.3. The third kappa shape index (κ3) is 3.38. The number of hydrogen-bond donors (Lipinski definition) is 2. The zero-order chi connectivity index (χ0) is 12.8. The highest BCUT2D eigenvalue weighted by Crippen LogP contribution is 2.18. The second-order valence-corrected chi connectivity index (χ2v) is 4.41. The van der Waals surface area contributed by atoms with Gasteiger partial charge in [-0.3, -0.25) is 0 Å². The second kappa shape index (κ2) is 5.75. The Morgan fingerprint density at radius 3 is 2.78 bits per heavy atom. The fourth-order valence-corrected chi connectivity index (χ4v) is 1.73. The summed E-state index contributed by atoms with van der Waals surface area (Å²) in [5.41, 5.74) is 0.0236. The van der Waals surface area contributed by atoms with Crippen LogP contribution in [0.1, 0.15) is 18.3 Å². The summed E-state index contributed by atoms with van der Waals surface area (Å²) in [5.74, 6) is 0.668. The van der Waals surface area contributed by atoms with Crippen LogP contribution in [0, 0.1) is 0 Å². The maximum absolute atomic E-state index is 10.3. The van der Waals surface area contributed by atoms with E-state index in [0.29, 0.717) is 25.3 Å². The van der Waals surface area contributed by atoms with Gasteiger partial charge < -0.3 is 14.9 Å². The van der Waals surface area contributed by atoms with Crippen molar-refractivity contribution in [3.63, 3.8) is 0 Å². The molecule has 0 spiro atoms. The molecule has 0 aliphatic carbocycles. The van der Waals surface area contributed by atoms with Crippen molar-refractivity contribution in [2.75, 3.05) is 13.1 Å². The first-order valence-electron chi connectivity index (χ1n) is 5.92. The summed E-state index contributed by atoms with van der Waals surface area (Å²) in [7, 11) is 0. The lowest BCUT2D eigenvalue weighted by atomic mass is 9.96. The summed E-state index contributed by atoms with van der Waals surface area (Å²) < 4.78 is 4.64. The lowest BCUT2D eigenvalue weighted by molar-refractivity contribution is 0.0572. The van der Waals surface area contributed by atoms with Gasteiger partial charge in [0.2, 0.25) is 6.39 Å². The molecule has 5 nitrogen and oxygen atoms in total. The van der Waals surface area contributed by atoms with Gasteiger partial charge in [0.05, 0.1) is 5.60 Å². The summed E-state index contributed by atoms with van der Waals surface area (Å²) in [6, 6.07) is 9.61. The van der Waals surface area contributed by atoms with Gasteiger partial charge in [-0.05, 0) is 12.5 Å². The minimum atomic E-state index is -0.876. The van der Waals surface area contributed by atoms with Crippen LogP contribution in [0.5, 0.6) is 0 Å². The smallest absolute Gasteiger partial charge is 0.213 e. The summed E-state index contributed by atoms with van der Waals surface area (Å²) >= 11 is 0. The fourth-order valence-electron chi connectivity index (χ4n) is 1.73. The molecule has 2 N–H and O–H groups in total. The van der Waals surface area contributed by atoms with Gasteiger partial charge in [-0.15, -0.1) is 0 Å². The van der Waals surface area contributed by atoms with Gasteiger partial charge in [0.25, 0.3) is 0 Å². The minimum absolute atomic E-state index is 0.481. The highest BCUT2D eigenvalue weighted by molar-refractivity contribution is 5.21. The van der Waals surface area contributed by atoms with Gasteiger partial charge in [-0.2, -0.15) is 4.98 Å². The monoisotopic (exact) mass is 247 g/mol. The molecule has 1 aromatic carbocycles. The van der Waals surface area contributed by atoms with Crippen LogP contribution in [0.2, 0.25) is 0 Å². The summed E-state index contributed by atoms with van der Waals surface area (Å²) in [5, 5.41) is 17.2. The van der Waals surface area contributed by atoms with Gasteiger partial charge in [0.15, 0.2) is 5.82 Å². The van der Waals surface area contributed by atoms with Gasteiger partial charge in [-0.25, -0.2) is 0 Å². The maximum Gasteiger partial charge on any atom is 0.213 e. The highest BCUT2D eigenvalue weighted by atomic mass is 16.5. The molecular weight excluding hydrogens is 230 g/mol. The molecule has 2 rings (SSSR count).